The Kier molecular flexibility index (Phi) is 4.18. The maximum absolute atomic E-state index is 10.6. The van der Waals surface area contributed by atoms with Crippen molar-refractivity contribution in [2.45, 2.75) is 12.5 Å². The van der Waals surface area contributed by atoms with Gasteiger partial charge in [0.05, 0.1) is 18.1 Å². The van der Waals surface area contributed by atoms with Crippen LogP contribution in [0.4, 0.5) is 5.13 Å². The number of hydrogen-bond acceptors (Lipinski definition) is 6. The topological polar surface area (TPSA) is 80.3 Å². The van der Waals surface area contributed by atoms with Crippen LogP contribution in [0.1, 0.15) is 12.5 Å². The van der Waals surface area contributed by atoms with Crippen LogP contribution in [0.3, 0.4) is 0 Å². The fourth-order valence-electron chi connectivity index (χ4n) is 2.58. The Balaban J connectivity index is 1.50. The zero-order valence-corrected chi connectivity index (χ0v) is 15.8. The van der Waals surface area contributed by atoms with Gasteiger partial charge in [-0.25, -0.2) is 9.50 Å². The molecule has 3 heterocycles. The first-order valence-electron chi connectivity index (χ1n) is 7.98. The van der Waals surface area contributed by atoms with Crippen LogP contribution >= 0.6 is 22.9 Å². The van der Waals surface area contributed by atoms with Crippen LogP contribution in [0.25, 0.3) is 16.2 Å². The molecule has 0 bridgehead atoms. The Hall–Kier alpha value is -2.42. The molecule has 4 aromatic rings. The molecule has 4 rings (SSSR count). The number of aliphatic hydroxyl groups is 1. The van der Waals surface area contributed by atoms with Gasteiger partial charge in [0, 0.05) is 35.9 Å². The van der Waals surface area contributed by atoms with E-state index in [0.717, 1.165) is 21.8 Å². The van der Waals surface area contributed by atoms with E-state index in [1.807, 2.05) is 37.5 Å². The highest BCUT2D eigenvalue weighted by Crippen LogP contribution is 2.27. The average molecular weight is 389 g/mol. The highest BCUT2D eigenvalue weighted by molar-refractivity contribution is 7.20. The summed E-state index contributed by atoms with van der Waals surface area (Å²) in [6, 6.07) is 7.54. The predicted molar refractivity (Wildman–Crippen MR) is 103 cm³/mol. The third-order valence-electron chi connectivity index (χ3n) is 4.09. The number of halogens is 1. The van der Waals surface area contributed by atoms with E-state index in [2.05, 4.69) is 20.5 Å². The SMILES string of the molecule is Cn1cc(C(C)(O)CNc2nn3cc(-c4ccc(Cl)cc4)nc3s2)cn1. The first kappa shape index (κ1) is 17.0. The maximum atomic E-state index is 10.6. The van der Waals surface area contributed by atoms with Gasteiger partial charge in [-0.05, 0) is 19.1 Å². The highest BCUT2D eigenvalue weighted by atomic mass is 35.5. The van der Waals surface area contributed by atoms with Gasteiger partial charge in [0.1, 0.15) is 5.60 Å². The Morgan fingerprint density at radius 2 is 2.04 bits per heavy atom. The summed E-state index contributed by atoms with van der Waals surface area (Å²) in [4.78, 5) is 5.38. The molecule has 0 saturated heterocycles. The van der Waals surface area contributed by atoms with Gasteiger partial charge in [-0.3, -0.25) is 4.68 Å². The minimum absolute atomic E-state index is 0.319. The van der Waals surface area contributed by atoms with Gasteiger partial charge in [-0.2, -0.15) is 5.10 Å². The molecule has 0 aliphatic heterocycles. The largest absolute Gasteiger partial charge is 0.383 e. The maximum Gasteiger partial charge on any atom is 0.214 e. The number of nitrogens with one attached hydrogen (secondary N) is 1. The molecule has 0 aliphatic carbocycles. The van der Waals surface area contributed by atoms with Gasteiger partial charge in [0.25, 0.3) is 0 Å². The normalized spacial score (nSPS) is 13.8. The molecular weight excluding hydrogens is 372 g/mol. The van der Waals surface area contributed by atoms with E-state index >= 15 is 0 Å². The fourth-order valence-corrected chi connectivity index (χ4v) is 3.48. The standard InChI is InChI=1S/C17H17ClN6OS/c1-17(25,12-7-20-23(2)8-12)10-19-15-22-24-9-14(21-16(24)26-15)11-3-5-13(18)6-4-11/h3-9,25H,10H2,1-2H3,(H,19,22). The number of benzene rings is 1. The third-order valence-corrected chi connectivity index (χ3v) is 5.23. The van der Waals surface area contributed by atoms with Crippen LogP contribution in [-0.4, -0.2) is 36.0 Å². The summed E-state index contributed by atoms with van der Waals surface area (Å²) < 4.78 is 3.40. The Bertz CT molecular complexity index is 1020. The van der Waals surface area contributed by atoms with Crippen molar-refractivity contribution in [2.75, 3.05) is 11.9 Å². The van der Waals surface area contributed by atoms with Gasteiger partial charge in [-0.1, -0.05) is 35.1 Å². The molecule has 0 fully saturated rings. The summed E-state index contributed by atoms with van der Waals surface area (Å²) in [5.74, 6) is 0. The number of aromatic nitrogens is 5. The third kappa shape index (κ3) is 3.31. The van der Waals surface area contributed by atoms with Gasteiger partial charge in [-0.15, -0.1) is 5.10 Å². The van der Waals surface area contributed by atoms with Gasteiger partial charge in [0.15, 0.2) is 0 Å². The highest BCUT2D eigenvalue weighted by Gasteiger charge is 2.25. The van der Waals surface area contributed by atoms with E-state index in [4.69, 9.17) is 11.6 Å². The molecule has 3 aromatic heterocycles. The number of fused-ring (bicyclic) bond motifs is 1. The summed E-state index contributed by atoms with van der Waals surface area (Å²) in [5.41, 5.74) is 1.53. The van der Waals surface area contributed by atoms with Crippen molar-refractivity contribution in [1.29, 1.82) is 0 Å². The van der Waals surface area contributed by atoms with Crippen LogP contribution in [0, 0.1) is 0 Å². The lowest BCUT2D eigenvalue weighted by atomic mass is 10.00. The Morgan fingerprint density at radius 1 is 1.27 bits per heavy atom. The minimum Gasteiger partial charge on any atom is -0.383 e. The van der Waals surface area contributed by atoms with E-state index in [1.54, 1.807) is 28.5 Å². The molecule has 0 saturated carbocycles. The Morgan fingerprint density at radius 3 is 2.69 bits per heavy atom. The molecule has 0 radical (unpaired) electrons. The molecule has 0 amide bonds. The lowest BCUT2D eigenvalue weighted by Crippen LogP contribution is -2.30. The van der Waals surface area contributed by atoms with E-state index in [9.17, 15) is 5.11 Å². The second-order valence-electron chi connectivity index (χ2n) is 6.30. The molecule has 9 heteroatoms. The number of anilines is 1. The number of hydrogen-bond donors (Lipinski definition) is 2. The van der Waals surface area contributed by atoms with Crippen molar-refractivity contribution < 1.29 is 5.11 Å². The monoisotopic (exact) mass is 388 g/mol. The molecule has 0 spiro atoms. The van der Waals surface area contributed by atoms with E-state index in [0.29, 0.717) is 16.7 Å². The molecule has 1 aromatic carbocycles. The van der Waals surface area contributed by atoms with Crippen LogP contribution in [0.15, 0.2) is 42.9 Å². The van der Waals surface area contributed by atoms with E-state index in [1.165, 1.54) is 11.3 Å². The van der Waals surface area contributed by atoms with Crippen LogP contribution < -0.4 is 5.32 Å². The van der Waals surface area contributed by atoms with Crippen molar-refractivity contribution in [2.24, 2.45) is 7.05 Å². The summed E-state index contributed by atoms with van der Waals surface area (Å²) >= 11 is 7.35. The fraction of sp³-hybridized carbons (Fsp3) is 0.235. The van der Waals surface area contributed by atoms with Crippen LogP contribution in [-0.2, 0) is 12.6 Å². The van der Waals surface area contributed by atoms with E-state index in [-0.39, 0.29) is 0 Å². The lowest BCUT2D eigenvalue weighted by molar-refractivity contribution is 0.0714. The van der Waals surface area contributed by atoms with Crippen molar-refractivity contribution in [1.82, 2.24) is 24.4 Å². The summed E-state index contributed by atoms with van der Waals surface area (Å²) in [6.45, 7) is 2.06. The summed E-state index contributed by atoms with van der Waals surface area (Å²) in [5, 5.41) is 23.8. The molecule has 0 aliphatic rings. The average Bonchev–Trinajstić information content (AvgIpc) is 3.28. The number of rotatable bonds is 5. The first-order valence-corrected chi connectivity index (χ1v) is 9.18. The van der Waals surface area contributed by atoms with E-state index < -0.39 is 5.60 Å². The quantitative estimate of drug-likeness (QED) is 0.549. The number of imidazole rings is 1. The molecule has 1 unspecified atom stereocenters. The van der Waals surface area contributed by atoms with Crippen molar-refractivity contribution in [3.63, 3.8) is 0 Å². The number of nitrogens with zero attached hydrogens (tertiary/aromatic N) is 5. The van der Waals surface area contributed by atoms with Crippen LogP contribution in [0.2, 0.25) is 5.02 Å². The van der Waals surface area contributed by atoms with Gasteiger partial charge in [0.2, 0.25) is 10.1 Å². The van der Waals surface area contributed by atoms with Crippen molar-refractivity contribution in [3.05, 3.63) is 53.4 Å². The van der Waals surface area contributed by atoms with Crippen molar-refractivity contribution >= 4 is 33.0 Å². The van der Waals surface area contributed by atoms with Crippen molar-refractivity contribution in [3.8, 4) is 11.3 Å². The lowest BCUT2D eigenvalue weighted by Gasteiger charge is -2.21. The first-order chi connectivity index (χ1) is 12.4. The molecule has 26 heavy (non-hydrogen) atoms. The van der Waals surface area contributed by atoms with Gasteiger partial charge >= 0.3 is 0 Å². The zero-order chi connectivity index (χ0) is 18.3. The summed E-state index contributed by atoms with van der Waals surface area (Å²) in [6.07, 6.45) is 5.34. The molecule has 7 nitrogen and oxygen atoms in total. The molecule has 2 N–H and O–H groups in total. The second kappa shape index (κ2) is 6.39. The number of aryl methyl sites for hydroxylation is 1. The molecule has 134 valence electrons. The van der Waals surface area contributed by atoms with Crippen LogP contribution in [0.5, 0.6) is 0 Å². The zero-order valence-electron chi connectivity index (χ0n) is 14.2. The molecular formula is C17H17ClN6OS. The summed E-state index contributed by atoms with van der Waals surface area (Å²) in [7, 11) is 1.82. The minimum atomic E-state index is -1.05. The second-order valence-corrected chi connectivity index (χ2v) is 7.69. The molecule has 1 atom stereocenters. The predicted octanol–water partition coefficient (Wildman–Crippen LogP) is 3.16. The van der Waals surface area contributed by atoms with Gasteiger partial charge < -0.3 is 10.4 Å². The smallest absolute Gasteiger partial charge is 0.214 e. The Labute approximate surface area is 158 Å².